The fraction of sp³-hybridized carbons (Fsp3) is 1.00. The van der Waals surface area contributed by atoms with Gasteiger partial charge in [0.2, 0.25) is 15.2 Å². The average Bonchev–Trinajstić information content (AvgIpc) is 1.53. The van der Waals surface area contributed by atoms with Crippen molar-refractivity contribution in [2.75, 3.05) is 6.61 Å². The zero-order valence-corrected chi connectivity index (χ0v) is 10.9. The summed E-state index contributed by atoms with van der Waals surface area (Å²) in [6.07, 6.45) is 0. The molecule has 2 heteroatoms. The van der Waals surface area contributed by atoms with Gasteiger partial charge in [-0.3, -0.25) is 0 Å². The van der Waals surface area contributed by atoms with Crippen LogP contribution in [0.1, 0.15) is 48.5 Å². The summed E-state index contributed by atoms with van der Waals surface area (Å²) in [6.45, 7) is 15.9. The van der Waals surface area contributed by atoms with Crippen molar-refractivity contribution in [3.8, 4) is 0 Å². The Bertz CT molecular complexity index is 85.4. The van der Waals surface area contributed by atoms with Crippen molar-refractivity contribution in [1.82, 2.24) is 0 Å². The Kier molecular flexibility index (Phi) is 7.52. The molecule has 0 aliphatic carbocycles. The molecule has 0 fully saturated rings. The summed E-state index contributed by atoms with van der Waals surface area (Å²) in [6, 6.07) is 0. The highest BCUT2D eigenvalue weighted by atomic mass is 27.1. The molecule has 0 saturated heterocycles. The van der Waals surface area contributed by atoms with Gasteiger partial charge in [-0.05, 0) is 6.92 Å². The maximum absolute atomic E-state index is 7.57. The van der Waals surface area contributed by atoms with E-state index in [2.05, 4.69) is 41.5 Å². The number of hydrogen-bond donors (Lipinski definition) is 1. The lowest BCUT2D eigenvalue weighted by Gasteiger charge is -2.26. The molecule has 0 unspecified atom stereocenters. The van der Waals surface area contributed by atoms with Crippen LogP contribution in [-0.4, -0.2) is 26.9 Å². The van der Waals surface area contributed by atoms with Gasteiger partial charge in [-0.15, -0.1) is 0 Å². The molecule has 0 saturated carbocycles. The van der Waals surface area contributed by atoms with Crippen LogP contribution in [0.2, 0.25) is 8.55 Å². The Labute approximate surface area is 84.3 Å². The molecule has 1 radical (unpaired) electrons. The van der Waals surface area contributed by atoms with Crippen molar-refractivity contribution in [3.63, 3.8) is 0 Å². The third-order valence-electron chi connectivity index (χ3n) is 0.866. The van der Waals surface area contributed by atoms with Crippen LogP contribution in [0.4, 0.5) is 0 Å². The molecular weight excluding hydrogens is 163 g/mol. The summed E-state index contributed by atoms with van der Waals surface area (Å²) in [7, 11) is 0. The van der Waals surface area contributed by atoms with E-state index < -0.39 is 0 Å². The zero-order chi connectivity index (χ0) is 10.4. The van der Waals surface area contributed by atoms with E-state index in [1.807, 2.05) is 0 Å². The fourth-order valence-electron chi connectivity index (χ4n) is 1.30. The third-order valence-corrected chi connectivity index (χ3v) is 2.60. The smallest absolute Gasteiger partial charge is 0.218 e. The Balaban J connectivity index is 0. The van der Waals surface area contributed by atoms with Crippen molar-refractivity contribution in [2.24, 2.45) is 0 Å². The maximum Gasteiger partial charge on any atom is 0.218 e. The topological polar surface area (TPSA) is 20.2 Å². The van der Waals surface area contributed by atoms with Gasteiger partial charge in [-0.2, -0.15) is 0 Å². The van der Waals surface area contributed by atoms with E-state index in [4.69, 9.17) is 5.11 Å². The molecule has 0 aliphatic rings. The molecule has 0 atom stereocenters. The van der Waals surface area contributed by atoms with Crippen LogP contribution in [0.5, 0.6) is 0 Å². The van der Waals surface area contributed by atoms with Gasteiger partial charge < -0.3 is 5.11 Å². The fourth-order valence-corrected chi connectivity index (χ4v) is 3.90. The quantitative estimate of drug-likeness (QED) is 0.578. The first-order chi connectivity index (χ1) is 5.12. The van der Waals surface area contributed by atoms with Crippen LogP contribution in [-0.2, 0) is 0 Å². The highest BCUT2D eigenvalue weighted by Crippen LogP contribution is 2.33. The van der Waals surface area contributed by atoms with Crippen molar-refractivity contribution in [1.29, 1.82) is 0 Å². The van der Waals surface area contributed by atoms with Gasteiger partial charge in [0, 0.05) is 6.61 Å². The highest BCUT2D eigenvalue weighted by molar-refractivity contribution is 6.43. The van der Waals surface area contributed by atoms with Crippen molar-refractivity contribution in [2.45, 2.75) is 57.0 Å². The van der Waals surface area contributed by atoms with Crippen LogP contribution in [0.25, 0.3) is 0 Å². The lowest BCUT2D eigenvalue weighted by molar-refractivity contribution is 0.318. The largest absolute Gasteiger partial charge is 0.397 e. The van der Waals surface area contributed by atoms with E-state index in [0.29, 0.717) is 23.8 Å². The van der Waals surface area contributed by atoms with Gasteiger partial charge in [-0.1, -0.05) is 50.1 Å². The predicted octanol–water partition coefficient (Wildman–Crippen LogP) is 3.13. The van der Waals surface area contributed by atoms with Gasteiger partial charge in [0.05, 0.1) is 0 Å². The number of aliphatic hydroxyl groups is 1. The molecule has 0 aliphatic heterocycles. The number of aliphatic hydroxyl groups excluding tert-OH is 1. The summed E-state index contributed by atoms with van der Waals surface area (Å²) in [5, 5.41) is 7.57. The Hall–Kier alpha value is 0.492. The SMILES string of the molecule is CCO.C[C](C)(C)[Al][C](C)(C)C. The Morgan fingerprint density at radius 2 is 1.08 bits per heavy atom. The minimum Gasteiger partial charge on any atom is -0.397 e. The second-order valence-corrected chi connectivity index (χ2v) is 8.95. The highest BCUT2D eigenvalue weighted by Gasteiger charge is 2.22. The van der Waals surface area contributed by atoms with Crippen LogP contribution in [0, 0.1) is 0 Å². The first kappa shape index (κ1) is 15.0. The molecule has 12 heavy (non-hydrogen) atoms. The molecule has 0 bridgehead atoms. The summed E-state index contributed by atoms with van der Waals surface area (Å²) in [5.41, 5.74) is 0. The first-order valence-electron chi connectivity index (χ1n) is 4.60. The van der Waals surface area contributed by atoms with Crippen LogP contribution in [0.3, 0.4) is 0 Å². The van der Waals surface area contributed by atoms with Crippen LogP contribution >= 0.6 is 0 Å². The minimum atomic E-state index is 0.250. The summed E-state index contributed by atoms with van der Waals surface area (Å²) in [5.74, 6) is 0. The Morgan fingerprint density at radius 3 is 1.08 bits per heavy atom. The van der Waals surface area contributed by atoms with E-state index in [1.165, 1.54) is 0 Å². The number of rotatable bonds is 0. The van der Waals surface area contributed by atoms with Crippen LogP contribution < -0.4 is 0 Å². The van der Waals surface area contributed by atoms with Gasteiger partial charge in [0.1, 0.15) is 0 Å². The molecule has 0 amide bonds. The number of hydrogen-bond acceptors (Lipinski definition) is 1. The molecule has 0 aromatic rings. The van der Waals surface area contributed by atoms with Crippen molar-refractivity contribution in [3.05, 3.63) is 0 Å². The standard InChI is InChI=1S/2C4H9.C2H6O.Al/c2*1-4(2)3;1-2-3;/h2*1-3H3;3H,2H2,1H3;. The van der Waals surface area contributed by atoms with E-state index in [-0.39, 0.29) is 6.61 Å². The molecule has 73 valence electrons. The van der Waals surface area contributed by atoms with Gasteiger partial charge in [0.15, 0.2) is 0 Å². The first-order valence-corrected chi connectivity index (χ1v) is 5.76. The molecule has 1 nitrogen and oxygen atoms in total. The minimum absolute atomic E-state index is 0.250. The average molecular weight is 187 g/mol. The lowest BCUT2D eigenvalue weighted by Crippen LogP contribution is -2.18. The molecular formula is C10H24AlO. The van der Waals surface area contributed by atoms with E-state index in [1.54, 1.807) is 6.92 Å². The van der Waals surface area contributed by atoms with Crippen molar-refractivity contribution >= 4 is 15.2 Å². The third kappa shape index (κ3) is 22.4. The molecule has 1 N–H and O–H groups in total. The molecule has 0 aromatic carbocycles. The van der Waals surface area contributed by atoms with Crippen LogP contribution in [0.15, 0.2) is 0 Å². The Morgan fingerprint density at radius 1 is 0.917 bits per heavy atom. The van der Waals surface area contributed by atoms with Gasteiger partial charge in [-0.25, -0.2) is 0 Å². The van der Waals surface area contributed by atoms with E-state index in [9.17, 15) is 0 Å². The molecule has 0 aromatic heterocycles. The lowest BCUT2D eigenvalue weighted by atomic mass is 10.2. The predicted molar refractivity (Wildman–Crippen MR) is 57.9 cm³/mol. The van der Waals surface area contributed by atoms with Gasteiger partial charge >= 0.3 is 0 Å². The summed E-state index contributed by atoms with van der Waals surface area (Å²) in [4.78, 5) is 0. The molecule has 0 rings (SSSR count). The zero-order valence-electron chi connectivity index (χ0n) is 9.73. The normalized spacial score (nSPS) is 11.7. The molecule has 0 spiro atoms. The summed E-state index contributed by atoms with van der Waals surface area (Å²) < 4.78 is 1.14. The maximum atomic E-state index is 7.57. The van der Waals surface area contributed by atoms with Crippen molar-refractivity contribution < 1.29 is 5.11 Å². The van der Waals surface area contributed by atoms with E-state index in [0.717, 1.165) is 0 Å². The van der Waals surface area contributed by atoms with E-state index >= 15 is 0 Å². The second-order valence-electron chi connectivity index (χ2n) is 5.19. The van der Waals surface area contributed by atoms with Gasteiger partial charge in [0.25, 0.3) is 0 Å². The second kappa shape index (κ2) is 6.02. The molecule has 0 heterocycles. The monoisotopic (exact) mass is 187 g/mol. The summed E-state index contributed by atoms with van der Waals surface area (Å²) >= 11 is 0.569.